The molecule has 152 valence electrons. The summed E-state index contributed by atoms with van der Waals surface area (Å²) < 4.78 is 31.6. The average Bonchev–Trinajstić information content (AvgIpc) is 2.49. The van der Waals surface area contributed by atoms with Crippen LogP contribution in [-0.4, -0.2) is 41.2 Å². The summed E-state index contributed by atoms with van der Waals surface area (Å²) in [4.78, 5) is 11.4. The fourth-order valence-electron chi connectivity index (χ4n) is 2.30. The van der Waals surface area contributed by atoms with Gasteiger partial charge in [0.05, 0.1) is 6.10 Å². The number of amides is 1. The maximum absolute atomic E-state index is 11.4. The van der Waals surface area contributed by atoms with Gasteiger partial charge in [-0.15, -0.1) is 0 Å². The Balaban J connectivity index is 0. The van der Waals surface area contributed by atoms with Gasteiger partial charge in [-0.05, 0) is 13.3 Å². The molecule has 0 aromatic rings. The number of aliphatic hydroxyl groups is 1. The number of aliphatic hydroxyl groups excluding tert-OH is 1. The van der Waals surface area contributed by atoms with Gasteiger partial charge in [-0.2, -0.15) is 8.42 Å². The Labute approximate surface area is 153 Å². The van der Waals surface area contributed by atoms with Crippen molar-refractivity contribution in [2.24, 2.45) is 0 Å². The summed E-state index contributed by atoms with van der Waals surface area (Å²) in [5.41, 5.74) is 0. The fraction of sp³-hybridized carbons (Fsp3) is 0.941. The largest absolute Gasteiger partial charge is 0.394 e. The van der Waals surface area contributed by atoms with E-state index in [2.05, 4.69) is 12.2 Å². The Kier molecular flexibility index (Phi) is 19.2. The highest BCUT2D eigenvalue weighted by atomic mass is 32.3. The molecule has 0 rings (SSSR count). The van der Waals surface area contributed by atoms with Crippen LogP contribution in [0.4, 0.5) is 0 Å². The Morgan fingerprint density at radius 3 is 1.60 bits per heavy atom. The van der Waals surface area contributed by atoms with Crippen LogP contribution >= 0.6 is 0 Å². The van der Waals surface area contributed by atoms with Crippen molar-refractivity contribution >= 4 is 16.3 Å². The molecule has 0 spiro atoms. The number of carbonyl (C=O) groups excluding carboxylic acids is 1. The van der Waals surface area contributed by atoms with E-state index in [1.165, 1.54) is 57.8 Å². The number of rotatable bonds is 14. The highest BCUT2D eigenvalue weighted by Crippen LogP contribution is 2.11. The SMILES string of the molecule is CCCCCCCCCCCCCC(=O)NCC(C)O.O=S(=O)(O)O. The standard InChI is InChI=1S/C17H35NO2.H2O4S/c1-3-4-5-6-7-8-9-10-11-12-13-14-17(20)18-15-16(2)19;1-5(2,3)4/h16,19H,3-15H2,1-2H3,(H,18,20);(H2,1,2,3,4). The highest BCUT2D eigenvalue weighted by molar-refractivity contribution is 7.79. The monoisotopic (exact) mass is 383 g/mol. The Hall–Kier alpha value is -0.700. The number of nitrogens with one attached hydrogen (secondary N) is 1. The van der Waals surface area contributed by atoms with Crippen molar-refractivity contribution in [3.63, 3.8) is 0 Å². The van der Waals surface area contributed by atoms with Crippen LogP contribution in [0.3, 0.4) is 0 Å². The molecule has 0 heterocycles. The van der Waals surface area contributed by atoms with E-state index < -0.39 is 16.5 Å². The average molecular weight is 384 g/mol. The predicted octanol–water partition coefficient (Wildman–Crippen LogP) is 3.53. The van der Waals surface area contributed by atoms with E-state index in [0.29, 0.717) is 13.0 Å². The van der Waals surface area contributed by atoms with Crippen LogP contribution < -0.4 is 5.32 Å². The van der Waals surface area contributed by atoms with Crippen LogP contribution in [0.25, 0.3) is 0 Å². The molecule has 7 nitrogen and oxygen atoms in total. The normalized spacial score (nSPS) is 12.2. The molecule has 0 bridgehead atoms. The number of unbranched alkanes of at least 4 members (excludes halogenated alkanes) is 10. The van der Waals surface area contributed by atoms with E-state index in [0.717, 1.165) is 12.8 Å². The Bertz CT molecular complexity index is 390. The van der Waals surface area contributed by atoms with Crippen LogP contribution in [0.1, 0.15) is 90.9 Å². The maximum Gasteiger partial charge on any atom is 0.394 e. The summed E-state index contributed by atoms with van der Waals surface area (Å²) in [5, 5.41) is 11.8. The van der Waals surface area contributed by atoms with Crippen molar-refractivity contribution in [1.82, 2.24) is 5.32 Å². The molecule has 0 saturated carbocycles. The summed E-state index contributed by atoms with van der Waals surface area (Å²) in [6.07, 6.45) is 14.5. The van der Waals surface area contributed by atoms with Crippen LogP contribution in [-0.2, 0) is 15.2 Å². The summed E-state index contributed by atoms with van der Waals surface area (Å²) in [6.45, 7) is 4.31. The third-order valence-electron chi connectivity index (χ3n) is 3.60. The molecule has 0 aromatic carbocycles. The second-order valence-electron chi connectivity index (χ2n) is 6.39. The van der Waals surface area contributed by atoms with Crippen molar-refractivity contribution < 1.29 is 27.4 Å². The molecular weight excluding hydrogens is 346 g/mol. The minimum atomic E-state index is -4.67. The smallest absolute Gasteiger partial charge is 0.392 e. The van der Waals surface area contributed by atoms with Crippen molar-refractivity contribution in [1.29, 1.82) is 0 Å². The van der Waals surface area contributed by atoms with Crippen LogP contribution in [0, 0.1) is 0 Å². The molecule has 0 aliphatic rings. The zero-order valence-electron chi connectivity index (χ0n) is 15.7. The van der Waals surface area contributed by atoms with E-state index in [9.17, 15) is 4.79 Å². The topological polar surface area (TPSA) is 124 Å². The highest BCUT2D eigenvalue weighted by Gasteiger charge is 2.02. The Morgan fingerprint density at radius 1 is 0.880 bits per heavy atom. The molecule has 0 fully saturated rings. The van der Waals surface area contributed by atoms with E-state index in [-0.39, 0.29) is 5.91 Å². The van der Waals surface area contributed by atoms with Gasteiger partial charge >= 0.3 is 10.4 Å². The minimum absolute atomic E-state index is 0.0711. The van der Waals surface area contributed by atoms with Gasteiger partial charge in [-0.3, -0.25) is 13.9 Å². The summed E-state index contributed by atoms with van der Waals surface area (Å²) >= 11 is 0. The minimum Gasteiger partial charge on any atom is -0.392 e. The lowest BCUT2D eigenvalue weighted by molar-refractivity contribution is -0.121. The molecule has 1 unspecified atom stereocenters. The molecule has 0 saturated heterocycles. The second-order valence-corrected chi connectivity index (χ2v) is 7.28. The number of carbonyl (C=O) groups is 1. The van der Waals surface area contributed by atoms with Crippen molar-refractivity contribution in [2.45, 2.75) is 97.0 Å². The van der Waals surface area contributed by atoms with Gasteiger partial charge in [0.2, 0.25) is 5.91 Å². The molecule has 1 atom stereocenters. The van der Waals surface area contributed by atoms with Gasteiger partial charge in [0.25, 0.3) is 0 Å². The number of hydrogen-bond acceptors (Lipinski definition) is 4. The van der Waals surface area contributed by atoms with Gasteiger partial charge in [0.1, 0.15) is 0 Å². The van der Waals surface area contributed by atoms with Gasteiger partial charge in [-0.25, -0.2) is 0 Å². The first kappa shape index (κ1) is 26.5. The summed E-state index contributed by atoms with van der Waals surface area (Å²) in [6, 6.07) is 0. The first-order valence-electron chi connectivity index (χ1n) is 9.31. The maximum atomic E-state index is 11.4. The predicted molar refractivity (Wildman–Crippen MR) is 99.9 cm³/mol. The van der Waals surface area contributed by atoms with Crippen LogP contribution in [0.2, 0.25) is 0 Å². The van der Waals surface area contributed by atoms with E-state index in [1.807, 2.05) is 0 Å². The zero-order valence-corrected chi connectivity index (χ0v) is 16.6. The van der Waals surface area contributed by atoms with E-state index >= 15 is 0 Å². The molecule has 4 N–H and O–H groups in total. The molecule has 8 heteroatoms. The first-order chi connectivity index (χ1) is 11.7. The molecule has 0 aliphatic heterocycles. The third-order valence-corrected chi connectivity index (χ3v) is 3.60. The lowest BCUT2D eigenvalue weighted by Gasteiger charge is -2.06. The number of hydrogen-bond donors (Lipinski definition) is 4. The molecule has 25 heavy (non-hydrogen) atoms. The summed E-state index contributed by atoms with van der Waals surface area (Å²) in [5.74, 6) is 0.0711. The quantitative estimate of drug-likeness (QED) is 0.269. The lowest BCUT2D eigenvalue weighted by atomic mass is 10.1. The zero-order chi connectivity index (χ0) is 19.6. The first-order valence-corrected chi connectivity index (χ1v) is 10.7. The van der Waals surface area contributed by atoms with E-state index in [1.54, 1.807) is 6.92 Å². The van der Waals surface area contributed by atoms with E-state index in [4.69, 9.17) is 22.6 Å². The second kappa shape index (κ2) is 18.1. The molecule has 1 amide bonds. The molecule has 0 radical (unpaired) electrons. The molecule has 0 aliphatic carbocycles. The summed E-state index contributed by atoms with van der Waals surface area (Å²) in [7, 11) is -4.67. The third kappa shape index (κ3) is 35.3. The van der Waals surface area contributed by atoms with Crippen LogP contribution in [0.15, 0.2) is 0 Å². The van der Waals surface area contributed by atoms with Gasteiger partial charge < -0.3 is 10.4 Å². The van der Waals surface area contributed by atoms with Gasteiger partial charge in [0, 0.05) is 13.0 Å². The van der Waals surface area contributed by atoms with Crippen molar-refractivity contribution in [3.8, 4) is 0 Å². The molecule has 0 aromatic heterocycles. The van der Waals surface area contributed by atoms with Crippen molar-refractivity contribution in [3.05, 3.63) is 0 Å². The van der Waals surface area contributed by atoms with Gasteiger partial charge in [-0.1, -0.05) is 71.1 Å². The van der Waals surface area contributed by atoms with Crippen LogP contribution in [0.5, 0.6) is 0 Å². The van der Waals surface area contributed by atoms with Gasteiger partial charge in [0.15, 0.2) is 0 Å². The Morgan fingerprint density at radius 2 is 1.24 bits per heavy atom. The van der Waals surface area contributed by atoms with Crippen molar-refractivity contribution in [2.75, 3.05) is 6.54 Å². The molecular formula is C17H37NO6S. The lowest BCUT2D eigenvalue weighted by Crippen LogP contribution is -2.30. The fourth-order valence-corrected chi connectivity index (χ4v) is 2.30.